The Hall–Kier alpha value is -4.10. The van der Waals surface area contributed by atoms with Crippen LogP contribution in [0.3, 0.4) is 0 Å². The van der Waals surface area contributed by atoms with Crippen molar-refractivity contribution in [1.29, 1.82) is 5.41 Å². The third-order valence-electron chi connectivity index (χ3n) is 8.36. The molecule has 0 aliphatic carbocycles. The third kappa shape index (κ3) is 7.42. The lowest BCUT2D eigenvalue weighted by Gasteiger charge is -2.30. The summed E-state index contributed by atoms with van der Waals surface area (Å²) < 4.78 is 27.7. The molecule has 0 saturated carbocycles. The van der Waals surface area contributed by atoms with Gasteiger partial charge in [-0.2, -0.15) is 0 Å². The average Bonchev–Trinajstić information content (AvgIpc) is 2.96. The molecule has 7 heteroatoms. The number of carbonyl (C=O) groups is 1. The van der Waals surface area contributed by atoms with Crippen LogP contribution < -0.4 is 4.74 Å². The molecule has 238 valence electrons. The van der Waals surface area contributed by atoms with Crippen LogP contribution >= 0.6 is 0 Å². The predicted molar refractivity (Wildman–Crippen MR) is 179 cm³/mol. The molecule has 6 nitrogen and oxygen atoms in total. The Balaban J connectivity index is 2.00. The van der Waals surface area contributed by atoms with Crippen molar-refractivity contribution in [2.24, 2.45) is 0 Å². The number of rotatable bonds is 10. The highest BCUT2D eigenvalue weighted by molar-refractivity contribution is 5.88. The van der Waals surface area contributed by atoms with Gasteiger partial charge in [-0.1, -0.05) is 30.4 Å². The predicted octanol–water partition coefficient (Wildman–Crippen LogP) is 8.98. The van der Waals surface area contributed by atoms with Gasteiger partial charge >= 0.3 is 5.97 Å². The van der Waals surface area contributed by atoms with Crippen LogP contribution in [0.15, 0.2) is 42.0 Å². The maximum absolute atomic E-state index is 15.7. The first kappa shape index (κ1) is 33.8. The number of hydrogen-bond acceptors (Lipinski definition) is 5. The number of fused-ring (bicyclic) bond motifs is 1. The molecule has 0 unspecified atom stereocenters. The van der Waals surface area contributed by atoms with Crippen LogP contribution in [-0.4, -0.2) is 34.5 Å². The van der Waals surface area contributed by atoms with Gasteiger partial charge in [0.1, 0.15) is 0 Å². The van der Waals surface area contributed by atoms with Crippen LogP contribution in [0.25, 0.3) is 17.2 Å². The minimum absolute atomic E-state index is 0.274. The van der Waals surface area contributed by atoms with E-state index in [-0.39, 0.29) is 5.75 Å². The highest BCUT2D eigenvalue weighted by Crippen LogP contribution is 2.44. The Morgan fingerprint density at radius 1 is 1.20 bits per heavy atom. The smallest absolute Gasteiger partial charge is 0.337 e. The van der Waals surface area contributed by atoms with Crippen LogP contribution in [-0.2, 0) is 22.4 Å². The molecule has 45 heavy (non-hydrogen) atoms. The zero-order valence-electron chi connectivity index (χ0n) is 27.8. The molecule has 1 aliphatic rings. The molecular weight excluding hydrogens is 567 g/mol. The topological polar surface area (TPSA) is 92.5 Å². The van der Waals surface area contributed by atoms with E-state index in [2.05, 4.69) is 12.6 Å². The lowest BCUT2D eigenvalue weighted by atomic mass is 9.84. The molecule has 1 aliphatic heterocycles. The zero-order valence-corrected chi connectivity index (χ0v) is 27.8. The Labute approximate surface area is 266 Å². The van der Waals surface area contributed by atoms with Crippen LogP contribution in [0, 0.1) is 38.9 Å². The molecule has 0 amide bonds. The SMILES string of the molecule is C=C(C)/C(=C\c1c(C)nc(C)c([C@H](OC(C)(C)C)C(=O)O)c1-c1cc(F)c2c(c1C)CCCO2)CCc1ccc(C=N)c(C)c1. The van der Waals surface area contributed by atoms with Crippen LogP contribution in [0.1, 0.15) is 97.0 Å². The van der Waals surface area contributed by atoms with Gasteiger partial charge in [0.2, 0.25) is 0 Å². The highest BCUT2D eigenvalue weighted by atomic mass is 19.1. The normalized spacial score (nSPS) is 14.0. The second-order valence-electron chi connectivity index (χ2n) is 13.0. The highest BCUT2D eigenvalue weighted by Gasteiger charge is 2.34. The fourth-order valence-electron chi connectivity index (χ4n) is 6.09. The Bertz CT molecular complexity index is 1700. The van der Waals surface area contributed by atoms with E-state index in [9.17, 15) is 9.90 Å². The minimum atomic E-state index is -1.33. The molecule has 0 spiro atoms. The van der Waals surface area contributed by atoms with E-state index in [1.807, 2.05) is 66.7 Å². The van der Waals surface area contributed by atoms with Crippen molar-refractivity contribution in [3.8, 4) is 16.9 Å². The summed E-state index contributed by atoms with van der Waals surface area (Å²) in [6.07, 6.45) is 4.92. The molecule has 1 atom stereocenters. The van der Waals surface area contributed by atoms with Gasteiger partial charge in [-0.25, -0.2) is 9.18 Å². The first-order valence-electron chi connectivity index (χ1n) is 15.5. The van der Waals surface area contributed by atoms with E-state index in [0.717, 1.165) is 51.8 Å². The summed E-state index contributed by atoms with van der Waals surface area (Å²) >= 11 is 0. The molecule has 0 saturated heterocycles. The fourth-order valence-corrected chi connectivity index (χ4v) is 6.09. The third-order valence-corrected chi connectivity index (χ3v) is 8.36. The molecular formula is C38H45FN2O4. The number of nitrogens with one attached hydrogen (secondary N) is 1. The number of aromatic nitrogens is 1. The number of carboxylic acids is 1. The lowest BCUT2D eigenvalue weighted by molar-refractivity contribution is -0.160. The minimum Gasteiger partial charge on any atom is -0.490 e. The first-order valence-corrected chi connectivity index (χ1v) is 15.5. The van der Waals surface area contributed by atoms with E-state index in [1.54, 1.807) is 6.92 Å². The fraction of sp³-hybridized carbons (Fsp3) is 0.395. The van der Waals surface area contributed by atoms with Gasteiger partial charge in [-0.05, 0) is 132 Å². The van der Waals surface area contributed by atoms with Gasteiger partial charge in [0, 0.05) is 34.3 Å². The number of allylic oxidation sites excluding steroid dienone is 2. The Morgan fingerprint density at radius 3 is 2.51 bits per heavy atom. The summed E-state index contributed by atoms with van der Waals surface area (Å²) in [7, 11) is 0. The molecule has 0 bridgehead atoms. The van der Waals surface area contributed by atoms with Crippen molar-refractivity contribution < 1.29 is 23.8 Å². The molecule has 4 rings (SSSR count). The Morgan fingerprint density at radius 2 is 1.91 bits per heavy atom. The van der Waals surface area contributed by atoms with Crippen molar-refractivity contribution in [1.82, 2.24) is 4.98 Å². The largest absolute Gasteiger partial charge is 0.490 e. The zero-order chi connectivity index (χ0) is 33.2. The van der Waals surface area contributed by atoms with Gasteiger partial charge in [-0.15, -0.1) is 0 Å². The first-order chi connectivity index (χ1) is 21.1. The Kier molecular flexibility index (Phi) is 10.1. The quantitative estimate of drug-likeness (QED) is 0.176. The summed E-state index contributed by atoms with van der Waals surface area (Å²) in [6.45, 7) is 19.8. The second-order valence-corrected chi connectivity index (χ2v) is 13.0. The number of ether oxygens (including phenoxy) is 2. The number of hydrogen-bond donors (Lipinski definition) is 2. The number of carboxylic acid groups (broad SMARTS) is 1. The van der Waals surface area contributed by atoms with Gasteiger partial charge in [0.05, 0.1) is 12.2 Å². The maximum atomic E-state index is 15.7. The van der Waals surface area contributed by atoms with Gasteiger partial charge < -0.3 is 20.0 Å². The van der Waals surface area contributed by atoms with E-state index in [4.69, 9.17) is 19.9 Å². The molecule has 2 heterocycles. The van der Waals surface area contributed by atoms with Crippen LogP contribution in [0.5, 0.6) is 5.75 Å². The van der Waals surface area contributed by atoms with Crippen molar-refractivity contribution >= 4 is 18.3 Å². The number of halogens is 1. The molecule has 0 fully saturated rings. The summed E-state index contributed by atoms with van der Waals surface area (Å²) in [6, 6.07) is 7.56. The number of aliphatic carboxylic acids is 1. The summed E-state index contributed by atoms with van der Waals surface area (Å²) in [5.74, 6) is -1.33. The number of pyridine rings is 1. The lowest BCUT2D eigenvalue weighted by Crippen LogP contribution is -2.29. The van der Waals surface area contributed by atoms with E-state index >= 15 is 4.39 Å². The molecule has 2 aromatic carbocycles. The van der Waals surface area contributed by atoms with E-state index in [0.29, 0.717) is 53.1 Å². The van der Waals surface area contributed by atoms with Crippen molar-refractivity contribution in [3.05, 3.63) is 98.1 Å². The standard InChI is InChI=1S/C38H45FN2O4/c1-21(2)27(14-12-26-13-15-28(20-40)22(3)17-26)18-31-24(5)41-25(6)33(36(37(42)43)45-38(7,8)9)34(31)30-19-32(39)35-29(23(30)4)11-10-16-44-35/h13,15,17-20,36,40H,1,10-12,14,16H2,2-9H3,(H,42,43)/b27-18-,40-20?/t36-/m0/s1. The summed E-state index contributed by atoms with van der Waals surface area (Å²) in [4.78, 5) is 17.7. The molecule has 2 N–H and O–H groups in total. The van der Waals surface area contributed by atoms with Crippen LogP contribution in [0.4, 0.5) is 4.39 Å². The van der Waals surface area contributed by atoms with Gasteiger partial charge in [0.15, 0.2) is 17.7 Å². The summed E-state index contributed by atoms with van der Waals surface area (Å²) in [5, 5.41) is 18.1. The molecule has 1 aromatic heterocycles. The van der Waals surface area contributed by atoms with Gasteiger partial charge in [-0.3, -0.25) is 4.98 Å². The average molecular weight is 613 g/mol. The van der Waals surface area contributed by atoms with Gasteiger partial charge in [0.25, 0.3) is 0 Å². The molecule has 3 aromatic rings. The number of aryl methyl sites for hydroxylation is 4. The number of nitrogens with zero attached hydrogens (tertiary/aromatic N) is 1. The van der Waals surface area contributed by atoms with Crippen molar-refractivity contribution in [3.63, 3.8) is 0 Å². The van der Waals surface area contributed by atoms with E-state index in [1.165, 1.54) is 12.3 Å². The number of benzene rings is 2. The van der Waals surface area contributed by atoms with Crippen molar-refractivity contribution in [2.75, 3.05) is 6.61 Å². The summed E-state index contributed by atoms with van der Waals surface area (Å²) in [5.41, 5.74) is 9.35. The molecule has 0 radical (unpaired) electrons. The monoisotopic (exact) mass is 612 g/mol. The maximum Gasteiger partial charge on any atom is 0.337 e. The van der Waals surface area contributed by atoms with E-state index < -0.39 is 23.5 Å². The van der Waals surface area contributed by atoms with Crippen LogP contribution in [0.2, 0.25) is 0 Å². The second kappa shape index (κ2) is 13.5. The van der Waals surface area contributed by atoms with Crippen molar-refractivity contribution in [2.45, 2.75) is 92.8 Å².